The Balaban J connectivity index is 1.76. The molecule has 1 N–H and O–H groups in total. The number of rotatable bonds is 7. The third-order valence-corrected chi connectivity index (χ3v) is 3.25. The summed E-state index contributed by atoms with van der Waals surface area (Å²) >= 11 is 5.77. The minimum Gasteiger partial charge on any atom is -0.487 e. The molecule has 0 radical (unpaired) electrons. The van der Waals surface area contributed by atoms with Gasteiger partial charge in [-0.1, -0.05) is 23.7 Å². The van der Waals surface area contributed by atoms with Crippen LogP contribution in [0, 0.1) is 10.1 Å². The van der Waals surface area contributed by atoms with E-state index in [2.05, 4.69) is 5.32 Å². The van der Waals surface area contributed by atoms with Gasteiger partial charge in [-0.25, -0.2) is 0 Å². The Morgan fingerprint density at radius 3 is 2.57 bits per heavy atom. The SMILES string of the molecule is O=C(CCCOc1ccccc1[N+](=O)[O-])Nc1ccc(Cl)cc1. The average Bonchev–Trinajstić information content (AvgIpc) is 2.54. The van der Waals surface area contributed by atoms with Gasteiger partial charge in [0.25, 0.3) is 0 Å². The van der Waals surface area contributed by atoms with E-state index >= 15 is 0 Å². The molecule has 0 saturated carbocycles. The summed E-state index contributed by atoms with van der Waals surface area (Å²) in [6.07, 6.45) is 0.703. The lowest BCUT2D eigenvalue weighted by molar-refractivity contribution is -0.385. The van der Waals surface area contributed by atoms with Crippen molar-refractivity contribution < 1.29 is 14.5 Å². The molecular formula is C16H15ClN2O4. The number of hydrogen-bond acceptors (Lipinski definition) is 4. The zero-order chi connectivity index (χ0) is 16.7. The smallest absolute Gasteiger partial charge is 0.310 e. The van der Waals surface area contributed by atoms with Crippen molar-refractivity contribution in [1.82, 2.24) is 0 Å². The second-order valence-electron chi connectivity index (χ2n) is 4.73. The minimum absolute atomic E-state index is 0.0851. The molecule has 23 heavy (non-hydrogen) atoms. The fourth-order valence-corrected chi connectivity index (χ4v) is 2.03. The molecule has 0 unspecified atom stereocenters. The first kappa shape index (κ1) is 16.8. The number of amides is 1. The summed E-state index contributed by atoms with van der Waals surface area (Å²) in [7, 11) is 0. The topological polar surface area (TPSA) is 81.5 Å². The van der Waals surface area contributed by atoms with E-state index in [0.717, 1.165) is 0 Å². The molecule has 1 amide bonds. The van der Waals surface area contributed by atoms with Gasteiger partial charge in [-0.3, -0.25) is 14.9 Å². The van der Waals surface area contributed by atoms with Crippen LogP contribution in [0.5, 0.6) is 5.75 Å². The van der Waals surface area contributed by atoms with E-state index in [1.807, 2.05) is 0 Å². The van der Waals surface area contributed by atoms with Crippen molar-refractivity contribution in [2.45, 2.75) is 12.8 Å². The summed E-state index contributed by atoms with van der Waals surface area (Å²) in [6, 6.07) is 13.0. The van der Waals surface area contributed by atoms with Gasteiger partial charge in [-0.2, -0.15) is 0 Å². The number of nitro groups is 1. The number of halogens is 1. The second-order valence-corrected chi connectivity index (χ2v) is 5.17. The first-order chi connectivity index (χ1) is 11.1. The Bertz CT molecular complexity index is 689. The zero-order valence-corrected chi connectivity index (χ0v) is 13.0. The number of para-hydroxylation sites is 2. The van der Waals surface area contributed by atoms with Gasteiger partial charge in [0, 0.05) is 23.2 Å². The quantitative estimate of drug-likeness (QED) is 0.470. The molecule has 6 nitrogen and oxygen atoms in total. The lowest BCUT2D eigenvalue weighted by Gasteiger charge is -2.07. The molecule has 2 rings (SSSR count). The van der Waals surface area contributed by atoms with Gasteiger partial charge in [0.1, 0.15) is 0 Å². The highest BCUT2D eigenvalue weighted by Gasteiger charge is 2.13. The molecule has 2 aromatic carbocycles. The van der Waals surface area contributed by atoms with E-state index in [0.29, 0.717) is 17.1 Å². The Morgan fingerprint density at radius 1 is 1.17 bits per heavy atom. The van der Waals surface area contributed by atoms with Gasteiger partial charge >= 0.3 is 5.69 Å². The summed E-state index contributed by atoms with van der Waals surface area (Å²) < 4.78 is 5.38. The van der Waals surface area contributed by atoms with E-state index in [-0.39, 0.29) is 30.4 Å². The number of anilines is 1. The van der Waals surface area contributed by atoms with Crippen LogP contribution in [-0.4, -0.2) is 17.4 Å². The minimum atomic E-state index is -0.497. The second kappa shape index (κ2) is 8.14. The van der Waals surface area contributed by atoms with Gasteiger partial charge in [-0.15, -0.1) is 0 Å². The van der Waals surface area contributed by atoms with Gasteiger partial charge in [0.2, 0.25) is 5.91 Å². The van der Waals surface area contributed by atoms with Crippen LogP contribution in [0.2, 0.25) is 5.02 Å². The standard InChI is InChI=1S/C16H15ClN2O4/c17-12-7-9-13(10-8-12)18-16(20)6-3-11-23-15-5-2-1-4-14(15)19(21)22/h1-2,4-5,7-10H,3,6,11H2,(H,18,20). The summed E-state index contributed by atoms with van der Waals surface area (Å²) in [5.41, 5.74) is 0.581. The van der Waals surface area contributed by atoms with Crippen LogP contribution in [-0.2, 0) is 4.79 Å². The molecule has 0 aliphatic rings. The molecular weight excluding hydrogens is 320 g/mol. The summed E-state index contributed by atoms with van der Waals surface area (Å²) in [4.78, 5) is 22.1. The Labute approximate surface area is 138 Å². The molecule has 0 fully saturated rings. The highest BCUT2D eigenvalue weighted by molar-refractivity contribution is 6.30. The molecule has 0 spiro atoms. The van der Waals surface area contributed by atoms with Crippen molar-refractivity contribution in [1.29, 1.82) is 0 Å². The summed E-state index contributed by atoms with van der Waals surface area (Å²) in [5.74, 6) is 0.0501. The van der Waals surface area contributed by atoms with Crippen molar-refractivity contribution in [3.8, 4) is 5.75 Å². The number of nitrogens with one attached hydrogen (secondary N) is 1. The van der Waals surface area contributed by atoms with Crippen molar-refractivity contribution in [2.75, 3.05) is 11.9 Å². The van der Waals surface area contributed by atoms with Gasteiger partial charge in [0.15, 0.2) is 5.75 Å². The van der Waals surface area contributed by atoms with Gasteiger partial charge in [-0.05, 0) is 36.8 Å². The van der Waals surface area contributed by atoms with Crippen molar-refractivity contribution in [3.05, 3.63) is 63.7 Å². The summed E-state index contributed by atoms with van der Waals surface area (Å²) in [6.45, 7) is 0.221. The lowest BCUT2D eigenvalue weighted by atomic mass is 10.2. The van der Waals surface area contributed by atoms with Crippen molar-refractivity contribution >= 4 is 28.9 Å². The molecule has 0 heterocycles. The Hall–Kier alpha value is -2.60. The summed E-state index contributed by atoms with van der Waals surface area (Å²) in [5, 5.41) is 14.2. The maximum absolute atomic E-state index is 11.8. The fraction of sp³-hybridized carbons (Fsp3) is 0.188. The number of benzene rings is 2. The van der Waals surface area contributed by atoms with E-state index in [4.69, 9.17) is 16.3 Å². The first-order valence-corrected chi connectivity index (χ1v) is 7.35. The maximum atomic E-state index is 11.8. The van der Waals surface area contributed by atoms with Crippen LogP contribution in [0.25, 0.3) is 0 Å². The number of nitrogens with zero attached hydrogens (tertiary/aromatic N) is 1. The number of carbonyl (C=O) groups excluding carboxylic acids is 1. The lowest BCUT2D eigenvalue weighted by Crippen LogP contribution is -2.12. The molecule has 0 bridgehead atoms. The average molecular weight is 335 g/mol. The van der Waals surface area contributed by atoms with E-state index < -0.39 is 4.92 Å². The van der Waals surface area contributed by atoms with E-state index in [1.165, 1.54) is 12.1 Å². The molecule has 2 aromatic rings. The Morgan fingerprint density at radius 2 is 1.87 bits per heavy atom. The monoisotopic (exact) mass is 334 g/mol. The number of hydrogen-bond donors (Lipinski definition) is 1. The van der Waals surface area contributed by atoms with Crippen LogP contribution in [0.3, 0.4) is 0 Å². The predicted molar refractivity (Wildman–Crippen MR) is 87.9 cm³/mol. The van der Waals surface area contributed by atoms with Crippen LogP contribution >= 0.6 is 11.6 Å². The van der Waals surface area contributed by atoms with E-state index in [1.54, 1.807) is 36.4 Å². The third-order valence-electron chi connectivity index (χ3n) is 3.00. The number of nitro benzene ring substituents is 1. The molecule has 0 atom stereocenters. The van der Waals surface area contributed by atoms with Gasteiger partial charge < -0.3 is 10.1 Å². The highest BCUT2D eigenvalue weighted by Crippen LogP contribution is 2.25. The number of ether oxygens (including phenoxy) is 1. The van der Waals surface area contributed by atoms with Crippen molar-refractivity contribution in [3.63, 3.8) is 0 Å². The largest absolute Gasteiger partial charge is 0.487 e. The number of carbonyl (C=O) groups is 1. The fourth-order valence-electron chi connectivity index (χ4n) is 1.90. The van der Waals surface area contributed by atoms with Crippen LogP contribution in [0.4, 0.5) is 11.4 Å². The predicted octanol–water partition coefficient (Wildman–Crippen LogP) is 4.05. The normalized spacial score (nSPS) is 10.1. The molecule has 0 aromatic heterocycles. The highest BCUT2D eigenvalue weighted by atomic mass is 35.5. The van der Waals surface area contributed by atoms with Crippen LogP contribution < -0.4 is 10.1 Å². The zero-order valence-electron chi connectivity index (χ0n) is 12.2. The molecule has 0 aliphatic heterocycles. The van der Waals surface area contributed by atoms with Crippen molar-refractivity contribution in [2.24, 2.45) is 0 Å². The first-order valence-electron chi connectivity index (χ1n) is 6.98. The maximum Gasteiger partial charge on any atom is 0.310 e. The van der Waals surface area contributed by atoms with E-state index in [9.17, 15) is 14.9 Å². The third kappa shape index (κ3) is 5.27. The van der Waals surface area contributed by atoms with Gasteiger partial charge in [0.05, 0.1) is 11.5 Å². The molecule has 0 saturated heterocycles. The Kier molecular flexibility index (Phi) is 5.94. The molecule has 120 valence electrons. The molecule has 0 aliphatic carbocycles. The van der Waals surface area contributed by atoms with Crippen LogP contribution in [0.1, 0.15) is 12.8 Å². The van der Waals surface area contributed by atoms with Crippen LogP contribution in [0.15, 0.2) is 48.5 Å². The molecule has 7 heteroatoms.